The van der Waals surface area contributed by atoms with Crippen LogP contribution in [0.25, 0.3) is 4.85 Å². The first-order chi connectivity index (χ1) is 21.1. The van der Waals surface area contributed by atoms with E-state index in [1.807, 2.05) is 0 Å². The number of nitrogens with zero attached hydrogens (tertiary/aromatic N) is 7. The lowest BCUT2D eigenvalue weighted by molar-refractivity contribution is -0.137. The van der Waals surface area contributed by atoms with Crippen molar-refractivity contribution in [2.45, 2.75) is 56.4 Å². The number of anilines is 2. The molecule has 1 amide bonds. The third-order valence-corrected chi connectivity index (χ3v) is 9.57. The van der Waals surface area contributed by atoms with E-state index in [2.05, 4.69) is 21.2 Å². The Morgan fingerprint density at radius 3 is 2.61 bits per heavy atom. The summed E-state index contributed by atoms with van der Waals surface area (Å²) in [5.41, 5.74) is 0.582. The van der Waals surface area contributed by atoms with Crippen molar-refractivity contribution in [1.29, 1.82) is 0 Å². The molecule has 13 heteroatoms. The number of benzene rings is 1. The smallest absolute Gasteiger partial charge is 0.419 e. The van der Waals surface area contributed by atoms with Crippen molar-refractivity contribution in [1.82, 2.24) is 19.8 Å². The monoisotopic (exact) mass is 629 g/mol. The quantitative estimate of drug-likeness (QED) is 0.306. The third-order valence-electron chi connectivity index (χ3n) is 9.25. The minimum atomic E-state index is -4.62. The van der Waals surface area contributed by atoms with E-state index in [4.69, 9.17) is 32.9 Å². The van der Waals surface area contributed by atoms with Crippen LogP contribution in [0, 0.1) is 6.57 Å². The molecule has 2 aromatic rings. The summed E-state index contributed by atoms with van der Waals surface area (Å²) in [6, 6.07) is 4.06. The van der Waals surface area contributed by atoms with Crippen molar-refractivity contribution in [2.24, 2.45) is 0 Å². The van der Waals surface area contributed by atoms with Gasteiger partial charge in [-0.3, -0.25) is 9.69 Å². The van der Waals surface area contributed by atoms with Crippen LogP contribution < -0.4 is 14.5 Å². The van der Waals surface area contributed by atoms with Crippen molar-refractivity contribution >= 4 is 29.0 Å². The average molecular weight is 630 g/mol. The largest absolute Gasteiger partial charge is 0.461 e. The van der Waals surface area contributed by atoms with Gasteiger partial charge in [0.1, 0.15) is 18.5 Å². The van der Waals surface area contributed by atoms with Gasteiger partial charge < -0.3 is 24.3 Å². The predicted molar refractivity (Wildman–Crippen MR) is 161 cm³/mol. The minimum absolute atomic E-state index is 0.0120. The maximum absolute atomic E-state index is 14.1. The highest BCUT2D eigenvalue weighted by Gasteiger charge is 2.49. The zero-order valence-corrected chi connectivity index (χ0v) is 25.2. The molecule has 6 rings (SSSR count). The van der Waals surface area contributed by atoms with E-state index < -0.39 is 11.7 Å². The van der Waals surface area contributed by atoms with E-state index in [-0.39, 0.29) is 47.3 Å². The van der Waals surface area contributed by atoms with Crippen molar-refractivity contribution in [2.75, 3.05) is 62.2 Å². The highest BCUT2D eigenvalue weighted by atomic mass is 35.5. The highest BCUT2D eigenvalue weighted by molar-refractivity contribution is 6.31. The Labute approximate surface area is 260 Å². The van der Waals surface area contributed by atoms with Gasteiger partial charge in [0.25, 0.3) is 0 Å². The number of hydrogen-bond acceptors (Lipinski definition) is 7. The van der Waals surface area contributed by atoms with E-state index in [1.165, 1.54) is 37.1 Å². The molecular formula is C31H35ClF3N7O2. The first-order valence-corrected chi connectivity index (χ1v) is 15.4. The molecule has 0 radical (unpaired) electrons. The van der Waals surface area contributed by atoms with E-state index in [0.717, 1.165) is 31.5 Å². The second-order valence-electron chi connectivity index (χ2n) is 11.9. The fraction of sp³-hybridized carbons (Fsp3) is 0.548. The van der Waals surface area contributed by atoms with Gasteiger partial charge in [-0.05, 0) is 63.4 Å². The Bertz CT molecular complexity index is 1470. The second-order valence-corrected chi connectivity index (χ2v) is 12.3. The number of aromatic nitrogens is 2. The SMILES string of the molecule is [C-]#[N+]C[C@H]1CN(c2nc(OCC3(N4CCCC4)CC3)nc3c2CCN(c2cccc(Cl)c2C(F)(F)F)C3)CCN1C(=O)C=C. The predicted octanol–water partition coefficient (Wildman–Crippen LogP) is 4.84. The van der Waals surface area contributed by atoms with Gasteiger partial charge >= 0.3 is 12.2 Å². The van der Waals surface area contributed by atoms with Gasteiger partial charge in [-0.15, -0.1) is 0 Å². The molecule has 4 heterocycles. The molecule has 0 bridgehead atoms. The third kappa shape index (κ3) is 5.92. The van der Waals surface area contributed by atoms with E-state index >= 15 is 0 Å². The van der Waals surface area contributed by atoms with Gasteiger partial charge in [-0.1, -0.05) is 24.2 Å². The first kappa shape index (κ1) is 30.5. The minimum Gasteiger partial charge on any atom is -0.461 e. The summed E-state index contributed by atoms with van der Waals surface area (Å²) in [5.74, 6) is 0.430. The van der Waals surface area contributed by atoms with Gasteiger partial charge in [0.15, 0.2) is 0 Å². The Balaban J connectivity index is 1.33. The fourth-order valence-corrected chi connectivity index (χ4v) is 7.06. The summed E-state index contributed by atoms with van der Waals surface area (Å²) in [6.45, 7) is 15.4. The summed E-state index contributed by atoms with van der Waals surface area (Å²) >= 11 is 6.05. The number of amides is 1. The normalized spacial score (nSPS) is 21.5. The van der Waals surface area contributed by atoms with Crippen molar-refractivity contribution in [3.63, 3.8) is 0 Å². The Morgan fingerprint density at radius 2 is 1.93 bits per heavy atom. The van der Waals surface area contributed by atoms with Gasteiger partial charge in [-0.25, -0.2) is 6.57 Å². The maximum atomic E-state index is 14.1. The summed E-state index contributed by atoms with van der Waals surface area (Å²) in [6.07, 6.45) is 1.49. The van der Waals surface area contributed by atoms with Crippen LogP contribution in [0.4, 0.5) is 24.7 Å². The van der Waals surface area contributed by atoms with Gasteiger partial charge in [0.05, 0.1) is 34.1 Å². The Hall–Kier alpha value is -3.56. The number of ether oxygens (including phenoxy) is 1. The van der Waals surface area contributed by atoms with E-state index in [0.29, 0.717) is 50.7 Å². The molecule has 9 nitrogen and oxygen atoms in total. The van der Waals surface area contributed by atoms with Crippen molar-refractivity contribution in [3.05, 3.63) is 64.1 Å². The molecule has 0 unspecified atom stereocenters. The molecule has 1 aliphatic carbocycles. The molecule has 44 heavy (non-hydrogen) atoms. The van der Waals surface area contributed by atoms with Crippen LogP contribution in [0.15, 0.2) is 30.9 Å². The molecule has 2 saturated heterocycles. The fourth-order valence-electron chi connectivity index (χ4n) is 6.78. The van der Waals surface area contributed by atoms with Crippen LogP contribution in [0.5, 0.6) is 6.01 Å². The van der Waals surface area contributed by atoms with Crippen LogP contribution >= 0.6 is 11.6 Å². The van der Waals surface area contributed by atoms with E-state index in [9.17, 15) is 18.0 Å². The van der Waals surface area contributed by atoms with Crippen LogP contribution in [0.2, 0.25) is 5.02 Å². The molecular weight excluding hydrogens is 595 g/mol. The Kier molecular flexibility index (Phi) is 8.37. The lowest BCUT2D eigenvalue weighted by Crippen LogP contribution is -2.56. The van der Waals surface area contributed by atoms with Gasteiger partial charge in [0.2, 0.25) is 12.5 Å². The van der Waals surface area contributed by atoms with Gasteiger partial charge in [0, 0.05) is 31.7 Å². The summed E-state index contributed by atoms with van der Waals surface area (Å²) in [4.78, 5) is 33.6. The standard InChI is InChI=1S/C31H35ClF3N7O2/c1-3-26(43)42-16-15-40(18-21(42)17-36-2)28-22-9-14-39(25-8-6-7-23(32)27(25)31(33,34)35)19-24(22)37-29(38-28)44-20-30(10-11-30)41-12-4-5-13-41/h3,6-8,21H,1,4-5,9-20H2/t21-/m0/s1. The molecule has 0 N–H and O–H groups in total. The lowest BCUT2D eigenvalue weighted by Gasteiger charge is -2.41. The summed E-state index contributed by atoms with van der Waals surface area (Å²) in [7, 11) is 0. The molecule has 1 aromatic carbocycles. The van der Waals surface area contributed by atoms with E-state index in [1.54, 1.807) is 9.80 Å². The molecule has 1 atom stereocenters. The number of piperazine rings is 1. The highest BCUT2D eigenvalue weighted by Crippen LogP contribution is 2.45. The van der Waals surface area contributed by atoms with Gasteiger partial charge in [-0.2, -0.15) is 23.1 Å². The van der Waals surface area contributed by atoms with Crippen molar-refractivity contribution < 1.29 is 22.7 Å². The number of halogens is 4. The topological polar surface area (TPSA) is 69.4 Å². The molecule has 1 aromatic heterocycles. The van der Waals surface area contributed by atoms with Crippen LogP contribution in [0.1, 0.15) is 42.5 Å². The number of likely N-dealkylation sites (tertiary alicyclic amines) is 1. The number of hydrogen-bond donors (Lipinski definition) is 0. The number of alkyl halides is 3. The second kappa shape index (κ2) is 12.1. The zero-order chi connectivity index (χ0) is 31.1. The average Bonchev–Trinajstić information content (AvgIpc) is 3.59. The van der Waals surface area contributed by atoms with Crippen molar-refractivity contribution in [3.8, 4) is 6.01 Å². The first-order valence-electron chi connectivity index (χ1n) is 15.0. The molecule has 3 aliphatic heterocycles. The van der Waals surface area contributed by atoms with Crippen LogP contribution in [-0.4, -0.2) is 89.7 Å². The lowest BCUT2D eigenvalue weighted by atomic mass is 10.0. The van der Waals surface area contributed by atoms with Crippen LogP contribution in [0.3, 0.4) is 0 Å². The number of rotatable bonds is 8. The summed E-state index contributed by atoms with van der Waals surface area (Å²) < 4.78 is 48.5. The maximum Gasteiger partial charge on any atom is 0.419 e. The zero-order valence-electron chi connectivity index (χ0n) is 24.5. The van der Waals surface area contributed by atoms with Crippen LogP contribution in [-0.2, 0) is 23.9 Å². The number of carbonyl (C=O) groups is 1. The summed E-state index contributed by atoms with van der Waals surface area (Å²) in [5, 5.41) is -0.345. The number of carbonyl (C=O) groups excluding carboxylic acids is 1. The molecule has 3 fully saturated rings. The molecule has 1 saturated carbocycles. The number of fused-ring (bicyclic) bond motifs is 1. The Morgan fingerprint density at radius 1 is 1.16 bits per heavy atom. The molecule has 234 valence electrons. The molecule has 0 spiro atoms. The molecule has 4 aliphatic rings.